The monoisotopic (exact) mass is 687 g/mol. The van der Waals surface area contributed by atoms with Gasteiger partial charge in [0.15, 0.2) is 0 Å². The number of aliphatic carboxylic acids is 3. The van der Waals surface area contributed by atoms with Crippen LogP contribution < -0.4 is 0 Å². The van der Waals surface area contributed by atoms with E-state index in [1.54, 1.807) is 11.3 Å². The van der Waals surface area contributed by atoms with Crippen LogP contribution in [-0.4, -0.2) is 98.0 Å². The van der Waals surface area contributed by atoms with Crippen LogP contribution in [0.15, 0.2) is 29.9 Å². The largest absolute Gasteiger partial charge is 0.490 e. The molecule has 21 heteroatoms. The first-order valence-electron chi connectivity index (χ1n) is 12.2. The molecule has 45 heavy (non-hydrogen) atoms. The first kappa shape index (κ1) is 39.5. The fraction of sp³-hybridized carbons (Fsp3) is 0.542. The van der Waals surface area contributed by atoms with Gasteiger partial charge in [0.05, 0.1) is 29.0 Å². The van der Waals surface area contributed by atoms with Crippen molar-refractivity contribution < 1.29 is 78.7 Å². The average molecular weight is 688 g/mol. The van der Waals surface area contributed by atoms with Crippen LogP contribution in [0, 0.1) is 6.92 Å². The topological polar surface area (TPSA) is 159 Å². The molecular formula is C24H26F9N3O8S. The number of alkyl halides is 9. The summed E-state index contributed by atoms with van der Waals surface area (Å²) in [7, 11) is 0. The number of hydrogen-bond acceptors (Lipinski definition) is 9. The molecule has 0 radical (unpaired) electrons. The second-order valence-electron chi connectivity index (χ2n) is 9.23. The number of carbonyl (C=O) groups is 3. The first-order valence-corrected chi connectivity index (χ1v) is 13.1. The van der Waals surface area contributed by atoms with Crippen molar-refractivity contribution in [2.75, 3.05) is 19.7 Å². The number of thiazole rings is 1. The van der Waals surface area contributed by atoms with E-state index in [9.17, 15) is 39.5 Å². The van der Waals surface area contributed by atoms with Gasteiger partial charge in [0.25, 0.3) is 0 Å². The molecule has 254 valence electrons. The van der Waals surface area contributed by atoms with Crippen LogP contribution in [0.5, 0.6) is 0 Å². The zero-order chi connectivity index (χ0) is 34.6. The highest BCUT2D eigenvalue weighted by Gasteiger charge is 2.47. The summed E-state index contributed by atoms with van der Waals surface area (Å²) >= 11 is 1.68. The quantitative estimate of drug-likeness (QED) is 0.374. The van der Waals surface area contributed by atoms with Gasteiger partial charge in [0.2, 0.25) is 0 Å². The highest BCUT2D eigenvalue weighted by molar-refractivity contribution is 7.09. The maximum atomic E-state index is 10.6. The maximum Gasteiger partial charge on any atom is 0.490 e. The molecule has 4 rings (SSSR count). The number of ether oxygens (including phenoxy) is 2. The summed E-state index contributed by atoms with van der Waals surface area (Å²) in [6.07, 6.45) is -9.25. The first-order chi connectivity index (χ1) is 20.5. The molecule has 0 saturated carbocycles. The molecule has 4 heterocycles. The van der Waals surface area contributed by atoms with Crippen LogP contribution >= 0.6 is 11.3 Å². The zero-order valence-electron chi connectivity index (χ0n) is 22.9. The summed E-state index contributed by atoms with van der Waals surface area (Å²) < 4.78 is 107. The molecule has 0 amide bonds. The SMILES string of the molecule is Cc1nc(COC2CCOC3(C2)CN(Cc2cccnc2)C3)cs1.O=C(O)C(F)(F)F.O=C(O)C(F)(F)F.O=C(O)C(F)(F)F. The molecule has 11 nitrogen and oxygen atoms in total. The van der Waals surface area contributed by atoms with Crippen LogP contribution in [0.2, 0.25) is 0 Å². The van der Waals surface area contributed by atoms with Gasteiger partial charge in [0, 0.05) is 50.4 Å². The Kier molecular flexibility index (Phi) is 14.6. The summed E-state index contributed by atoms with van der Waals surface area (Å²) in [4.78, 5) is 37.8. The van der Waals surface area contributed by atoms with E-state index < -0.39 is 36.4 Å². The molecule has 0 aromatic carbocycles. The summed E-state index contributed by atoms with van der Waals surface area (Å²) in [5, 5.41) is 24.6. The fourth-order valence-corrected chi connectivity index (χ4v) is 4.25. The van der Waals surface area contributed by atoms with E-state index in [2.05, 4.69) is 26.3 Å². The van der Waals surface area contributed by atoms with E-state index >= 15 is 0 Å². The van der Waals surface area contributed by atoms with Crippen molar-refractivity contribution in [3.05, 3.63) is 46.2 Å². The second kappa shape index (κ2) is 16.7. The van der Waals surface area contributed by atoms with Crippen molar-refractivity contribution in [1.82, 2.24) is 14.9 Å². The molecule has 0 aliphatic carbocycles. The van der Waals surface area contributed by atoms with E-state index in [1.165, 1.54) is 5.56 Å². The highest BCUT2D eigenvalue weighted by atomic mass is 32.1. The molecule has 2 aliphatic rings. The summed E-state index contributed by atoms with van der Waals surface area (Å²) in [6.45, 7) is 6.35. The molecule has 1 spiro atoms. The Morgan fingerprint density at radius 2 is 1.51 bits per heavy atom. The van der Waals surface area contributed by atoms with Crippen molar-refractivity contribution in [2.24, 2.45) is 0 Å². The van der Waals surface area contributed by atoms with Crippen molar-refractivity contribution in [3.63, 3.8) is 0 Å². The molecule has 2 fully saturated rings. The minimum atomic E-state index is -5.08. The minimum Gasteiger partial charge on any atom is -0.475 e. The molecule has 3 N–H and O–H groups in total. The predicted octanol–water partition coefficient (Wildman–Crippen LogP) is 4.70. The Morgan fingerprint density at radius 3 is 1.91 bits per heavy atom. The van der Waals surface area contributed by atoms with Gasteiger partial charge in [-0.1, -0.05) is 6.07 Å². The highest BCUT2D eigenvalue weighted by Crippen LogP contribution is 2.36. The van der Waals surface area contributed by atoms with Crippen LogP contribution in [0.3, 0.4) is 0 Å². The van der Waals surface area contributed by atoms with E-state index in [-0.39, 0.29) is 11.7 Å². The number of carboxylic acids is 3. The Hall–Kier alpha value is -3.56. The van der Waals surface area contributed by atoms with E-state index in [0.29, 0.717) is 6.61 Å². The molecule has 2 saturated heterocycles. The van der Waals surface area contributed by atoms with Crippen molar-refractivity contribution in [1.29, 1.82) is 0 Å². The standard InChI is InChI=1S/C18H23N3O2S.3C2HF3O2/c1-14-20-16(11-24-14)10-22-17-4-6-23-18(7-17)12-21(13-18)9-15-3-2-5-19-8-15;3*3-2(4,5)1(6)7/h2-3,5,8,11,17H,4,6-7,9-10,12-13H2,1H3;3*(H,6,7). The second-order valence-corrected chi connectivity index (χ2v) is 10.3. The molecule has 2 aromatic rings. The normalized spacial score (nSPS) is 17.7. The van der Waals surface area contributed by atoms with Crippen LogP contribution in [0.25, 0.3) is 0 Å². The van der Waals surface area contributed by atoms with Gasteiger partial charge in [-0.2, -0.15) is 39.5 Å². The number of hydrogen-bond donors (Lipinski definition) is 3. The lowest BCUT2D eigenvalue weighted by Crippen LogP contribution is -2.65. The fourth-order valence-electron chi connectivity index (χ4n) is 3.65. The van der Waals surface area contributed by atoms with Crippen molar-refractivity contribution in [3.8, 4) is 0 Å². The average Bonchev–Trinajstić information content (AvgIpc) is 3.32. The van der Waals surface area contributed by atoms with E-state index in [1.807, 2.05) is 25.4 Å². The lowest BCUT2D eigenvalue weighted by Gasteiger charge is -2.53. The summed E-state index contributed by atoms with van der Waals surface area (Å²) in [6, 6.07) is 4.12. The Bertz CT molecular complexity index is 1180. The van der Waals surface area contributed by atoms with E-state index in [4.69, 9.17) is 39.2 Å². The van der Waals surface area contributed by atoms with Gasteiger partial charge in [-0.15, -0.1) is 11.3 Å². The number of aryl methyl sites for hydroxylation is 1. The van der Waals surface area contributed by atoms with Gasteiger partial charge >= 0.3 is 36.4 Å². The van der Waals surface area contributed by atoms with Gasteiger partial charge in [-0.3, -0.25) is 9.88 Å². The number of pyridine rings is 1. The Labute approximate surface area is 252 Å². The van der Waals surface area contributed by atoms with E-state index in [0.717, 1.165) is 49.8 Å². The maximum absolute atomic E-state index is 10.6. The molecule has 0 bridgehead atoms. The molecule has 1 unspecified atom stereocenters. The number of halogens is 9. The Morgan fingerprint density at radius 1 is 1.00 bits per heavy atom. The Balaban J connectivity index is 0.000000396. The number of carboxylic acid groups (broad SMARTS) is 3. The lowest BCUT2D eigenvalue weighted by atomic mass is 9.84. The molecular weight excluding hydrogens is 661 g/mol. The predicted molar refractivity (Wildman–Crippen MR) is 134 cm³/mol. The van der Waals surface area contributed by atoms with Gasteiger partial charge < -0.3 is 24.8 Å². The van der Waals surface area contributed by atoms with Crippen molar-refractivity contribution >= 4 is 29.2 Å². The van der Waals surface area contributed by atoms with Gasteiger partial charge in [-0.05, 0) is 25.0 Å². The van der Waals surface area contributed by atoms with Crippen LogP contribution in [-0.2, 0) is 37.0 Å². The molecule has 1 atom stereocenters. The smallest absolute Gasteiger partial charge is 0.475 e. The number of rotatable bonds is 5. The molecule has 2 aliphatic heterocycles. The zero-order valence-corrected chi connectivity index (χ0v) is 23.8. The summed E-state index contributed by atoms with van der Waals surface area (Å²) in [5.41, 5.74) is 2.29. The third-order valence-corrected chi connectivity index (χ3v) is 6.28. The van der Waals surface area contributed by atoms with Crippen LogP contribution in [0.4, 0.5) is 39.5 Å². The summed E-state index contributed by atoms with van der Waals surface area (Å²) in [5.74, 6) is -8.27. The van der Waals surface area contributed by atoms with Gasteiger partial charge in [0.1, 0.15) is 0 Å². The molecule has 2 aromatic heterocycles. The minimum absolute atomic E-state index is 0.0108. The third kappa shape index (κ3) is 15.3. The lowest BCUT2D eigenvalue weighted by molar-refractivity contribution is -0.200. The third-order valence-electron chi connectivity index (χ3n) is 5.46. The number of likely N-dealkylation sites (tertiary alicyclic amines) is 1. The van der Waals surface area contributed by atoms with Crippen LogP contribution in [0.1, 0.15) is 29.1 Å². The number of aromatic nitrogens is 2. The van der Waals surface area contributed by atoms with Gasteiger partial charge in [-0.25, -0.2) is 19.4 Å². The van der Waals surface area contributed by atoms with Crippen molar-refractivity contribution in [2.45, 2.75) is 63.2 Å². The number of nitrogens with zero attached hydrogens (tertiary/aromatic N) is 3.